The highest BCUT2D eigenvalue weighted by molar-refractivity contribution is 5.83. The summed E-state index contributed by atoms with van der Waals surface area (Å²) in [7, 11) is 0. The molecule has 1 fully saturated rings. The molecule has 18 heavy (non-hydrogen) atoms. The van der Waals surface area contributed by atoms with Crippen LogP contribution in [-0.2, 0) is 0 Å². The summed E-state index contributed by atoms with van der Waals surface area (Å²) >= 11 is 0. The SMILES string of the molecule is CCNc1nc(NC(C)C2CC2)c2[nH]cnc2n1. The summed E-state index contributed by atoms with van der Waals surface area (Å²) in [4.78, 5) is 16.2. The Balaban J connectivity index is 1.93. The van der Waals surface area contributed by atoms with Crippen molar-refractivity contribution in [2.24, 2.45) is 5.92 Å². The zero-order chi connectivity index (χ0) is 12.5. The fourth-order valence-electron chi connectivity index (χ4n) is 2.10. The molecule has 0 radical (unpaired) electrons. The third-order valence-electron chi connectivity index (χ3n) is 3.31. The molecule has 2 aromatic heterocycles. The van der Waals surface area contributed by atoms with E-state index in [2.05, 4.69) is 37.5 Å². The molecule has 0 amide bonds. The number of rotatable bonds is 5. The molecule has 2 aromatic rings. The molecule has 2 heterocycles. The number of aromatic amines is 1. The van der Waals surface area contributed by atoms with E-state index in [4.69, 9.17) is 0 Å². The maximum Gasteiger partial charge on any atom is 0.226 e. The third-order valence-corrected chi connectivity index (χ3v) is 3.31. The lowest BCUT2D eigenvalue weighted by Gasteiger charge is -2.14. The van der Waals surface area contributed by atoms with Gasteiger partial charge in [-0.1, -0.05) is 0 Å². The molecular weight excluding hydrogens is 228 g/mol. The van der Waals surface area contributed by atoms with Gasteiger partial charge in [0.2, 0.25) is 5.95 Å². The number of hydrogen-bond donors (Lipinski definition) is 3. The molecule has 6 nitrogen and oxygen atoms in total. The van der Waals surface area contributed by atoms with Crippen molar-refractivity contribution in [1.82, 2.24) is 19.9 Å². The van der Waals surface area contributed by atoms with Crippen molar-refractivity contribution >= 4 is 22.9 Å². The van der Waals surface area contributed by atoms with E-state index in [-0.39, 0.29) is 0 Å². The van der Waals surface area contributed by atoms with Crippen LogP contribution in [0.3, 0.4) is 0 Å². The Morgan fingerprint density at radius 2 is 2.28 bits per heavy atom. The molecule has 3 N–H and O–H groups in total. The summed E-state index contributed by atoms with van der Waals surface area (Å²) in [5.41, 5.74) is 1.58. The zero-order valence-electron chi connectivity index (χ0n) is 10.7. The van der Waals surface area contributed by atoms with Crippen LogP contribution in [0.5, 0.6) is 0 Å². The summed E-state index contributed by atoms with van der Waals surface area (Å²) in [6, 6.07) is 0.445. The number of H-pyrrole nitrogens is 1. The van der Waals surface area contributed by atoms with Crippen LogP contribution in [0, 0.1) is 5.92 Å². The molecule has 0 saturated heterocycles. The normalized spacial score (nSPS) is 16.8. The predicted molar refractivity (Wildman–Crippen MR) is 71.7 cm³/mol. The topological polar surface area (TPSA) is 78.5 Å². The second-order valence-corrected chi connectivity index (χ2v) is 4.80. The van der Waals surface area contributed by atoms with Gasteiger partial charge >= 0.3 is 0 Å². The Labute approximate surface area is 106 Å². The van der Waals surface area contributed by atoms with Crippen LogP contribution in [0.4, 0.5) is 11.8 Å². The van der Waals surface area contributed by atoms with Crippen LogP contribution in [0.25, 0.3) is 11.2 Å². The first-order valence-corrected chi connectivity index (χ1v) is 6.49. The molecule has 1 unspecified atom stereocenters. The van der Waals surface area contributed by atoms with Gasteiger partial charge in [-0.2, -0.15) is 9.97 Å². The Hall–Kier alpha value is -1.85. The fourth-order valence-corrected chi connectivity index (χ4v) is 2.10. The number of aromatic nitrogens is 4. The molecule has 6 heteroatoms. The maximum atomic E-state index is 4.51. The van der Waals surface area contributed by atoms with Gasteiger partial charge < -0.3 is 15.6 Å². The van der Waals surface area contributed by atoms with E-state index in [0.29, 0.717) is 17.6 Å². The predicted octanol–water partition coefficient (Wildman–Crippen LogP) is 2.00. The van der Waals surface area contributed by atoms with Crippen molar-refractivity contribution in [3.8, 4) is 0 Å². The van der Waals surface area contributed by atoms with E-state index in [1.807, 2.05) is 6.92 Å². The van der Waals surface area contributed by atoms with Gasteiger partial charge in [-0.3, -0.25) is 0 Å². The zero-order valence-corrected chi connectivity index (χ0v) is 10.7. The van der Waals surface area contributed by atoms with Crippen molar-refractivity contribution in [3.63, 3.8) is 0 Å². The van der Waals surface area contributed by atoms with E-state index in [9.17, 15) is 0 Å². The quantitative estimate of drug-likeness (QED) is 0.752. The van der Waals surface area contributed by atoms with E-state index in [0.717, 1.165) is 23.8 Å². The lowest BCUT2D eigenvalue weighted by molar-refractivity contribution is 0.691. The number of nitrogens with one attached hydrogen (secondary N) is 3. The first kappa shape index (κ1) is 11.3. The smallest absolute Gasteiger partial charge is 0.226 e. The van der Waals surface area contributed by atoms with Gasteiger partial charge in [0.1, 0.15) is 5.52 Å². The van der Waals surface area contributed by atoms with Gasteiger partial charge in [0.15, 0.2) is 11.5 Å². The lowest BCUT2D eigenvalue weighted by Crippen LogP contribution is -2.19. The van der Waals surface area contributed by atoms with Crippen LogP contribution in [0.1, 0.15) is 26.7 Å². The van der Waals surface area contributed by atoms with Crippen molar-refractivity contribution < 1.29 is 0 Å². The molecule has 0 spiro atoms. The van der Waals surface area contributed by atoms with Gasteiger partial charge in [0.05, 0.1) is 6.33 Å². The second-order valence-electron chi connectivity index (χ2n) is 4.80. The van der Waals surface area contributed by atoms with Crippen LogP contribution < -0.4 is 10.6 Å². The highest BCUT2D eigenvalue weighted by atomic mass is 15.2. The summed E-state index contributed by atoms with van der Waals surface area (Å²) in [6.07, 6.45) is 4.28. The van der Waals surface area contributed by atoms with Crippen LogP contribution in [-0.4, -0.2) is 32.5 Å². The molecule has 0 aliphatic heterocycles. The molecule has 1 atom stereocenters. The first-order valence-electron chi connectivity index (χ1n) is 6.49. The maximum absolute atomic E-state index is 4.51. The molecule has 0 bridgehead atoms. The van der Waals surface area contributed by atoms with Crippen molar-refractivity contribution in [2.75, 3.05) is 17.2 Å². The number of anilines is 2. The summed E-state index contributed by atoms with van der Waals surface area (Å²) < 4.78 is 0. The second kappa shape index (κ2) is 4.44. The first-order chi connectivity index (χ1) is 8.78. The minimum absolute atomic E-state index is 0.445. The van der Waals surface area contributed by atoms with Crippen LogP contribution in [0.15, 0.2) is 6.33 Å². The van der Waals surface area contributed by atoms with E-state index >= 15 is 0 Å². The van der Waals surface area contributed by atoms with E-state index in [1.165, 1.54) is 12.8 Å². The highest BCUT2D eigenvalue weighted by Gasteiger charge is 2.28. The summed E-state index contributed by atoms with van der Waals surface area (Å²) in [5, 5.41) is 6.60. The average Bonchev–Trinajstić information content (AvgIpc) is 3.09. The minimum atomic E-state index is 0.445. The number of imidazole rings is 1. The molecule has 96 valence electrons. The van der Waals surface area contributed by atoms with Crippen molar-refractivity contribution in [3.05, 3.63) is 6.33 Å². The fraction of sp³-hybridized carbons (Fsp3) is 0.583. The number of fused-ring (bicyclic) bond motifs is 1. The Morgan fingerprint density at radius 1 is 1.44 bits per heavy atom. The van der Waals surface area contributed by atoms with Crippen molar-refractivity contribution in [2.45, 2.75) is 32.7 Å². The Bertz CT molecular complexity index is 544. The number of nitrogens with zero attached hydrogens (tertiary/aromatic N) is 3. The Morgan fingerprint density at radius 3 is 3.00 bits per heavy atom. The molecule has 1 aliphatic rings. The average molecular weight is 246 g/mol. The third kappa shape index (κ3) is 2.10. The van der Waals surface area contributed by atoms with Crippen molar-refractivity contribution in [1.29, 1.82) is 0 Å². The molecular formula is C12H18N6. The summed E-state index contributed by atoms with van der Waals surface area (Å²) in [5.74, 6) is 2.25. The minimum Gasteiger partial charge on any atom is -0.365 e. The largest absolute Gasteiger partial charge is 0.365 e. The molecule has 0 aromatic carbocycles. The molecule has 3 rings (SSSR count). The van der Waals surface area contributed by atoms with Crippen LogP contribution in [0.2, 0.25) is 0 Å². The summed E-state index contributed by atoms with van der Waals surface area (Å²) in [6.45, 7) is 5.03. The Kier molecular flexibility index (Phi) is 2.77. The monoisotopic (exact) mass is 246 g/mol. The van der Waals surface area contributed by atoms with E-state index < -0.39 is 0 Å². The van der Waals surface area contributed by atoms with Crippen LogP contribution >= 0.6 is 0 Å². The van der Waals surface area contributed by atoms with Gasteiger partial charge in [0, 0.05) is 12.6 Å². The highest BCUT2D eigenvalue weighted by Crippen LogP contribution is 2.34. The van der Waals surface area contributed by atoms with Gasteiger partial charge in [-0.05, 0) is 32.6 Å². The van der Waals surface area contributed by atoms with Gasteiger partial charge in [-0.25, -0.2) is 4.98 Å². The molecule has 1 aliphatic carbocycles. The standard InChI is InChI=1S/C12H18N6/c1-3-13-12-17-10-9(14-6-15-10)11(18-12)16-7(2)8-4-5-8/h6-8H,3-5H2,1-2H3,(H3,13,14,15,16,17,18). The van der Waals surface area contributed by atoms with Gasteiger partial charge in [0.25, 0.3) is 0 Å². The lowest BCUT2D eigenvalue weighted by atomic mass is 10.2. The van der Waals surface area contributed by atoms with Gasteiger partial charge in [-0.15, -0.1) is 0 Å². The number of hydrogen-bond acceptors (Lipinski definition) is 5. The van der Waals surface area contributed by atoms with E-state index in [1.54, 1.807) is 6.33 Å². The molecule has 1 saturated carbocycles.